The van der Waals surface area contributed by atoms with Crippen LogP contribution < -0.4 is 5.32 Å². The molecular formula is C14H28N2O. The molecule has 0 radical (unpaired) electrons. The van der Waals surface area contributed by atoms with Crippen molar-refractivity contribution in [2.24, 2.45) is 5.92 Å². The SMILES string of the molecule is CC(C)C(C)NCCN1CCOC2CCCC21. The van der Waals surface area contributed by atoms with Crippen LogP contribution in [0.1, 0.15) is 40.0 Å². The summed E-state index contributed by atoms with van der Waals surface area (Å²) in [6, 6.07) is 1.33. The van der Waals surface area contributed by atoms with Gasteiger partial charge in [0.25, 0.3) is 0 Å². The summed E-state index contributed by atoms with van der Waals surface area (Å²) in [5, 5.41) is 3.63. The third kappa shape index (κ3) is 3.43. The highest BCUT2D eigenvalue weighted by Crippen LogP contribution is 2.29. The van der Waals surface area contributed by atoms with E-state index in [0.717, 1.165) is 25.6 Å². The Morgan fingerprint density at radius 3 is 2.88 bits per heavy atom. The molecule has 0 bridgehead atoms. The number of hydrogen-bond acceptors (Lipinski definition) is 3. The first-order valence-corrected chi connectivity index (χ1v) is 7.27. The van der Waals surface area contributed by atoms with Crippen LogP contribution in [0.4, 0.5) is 0 Å². The highest BCUT2D eigenvalue weighted by molar-refractivity contribution is 4.89. The van der Waals surface area contributed by atoms with Crippen molar-refractivity contribution >= 4 is 0 Å². The molecule has 1 saturated heterocycles. The van der Waals surface area contributed by atoms with Crippen LogP contribution in [0, 0.1) is 5.92 Å². The van der Waals surface area contributed by atoms with Crippen molar-refractivity contribution in [3.05, 3.63) is 0 Å². The van der Waals surface area contributed by atoms with E-state index < -0.39 is 0 Å². The van der Waals surface area contributed by atoms with Crippen LogP contribution in [-0.2, 0) is 4.74 Å². The molecule has 2 fully saturated rings. The average Bonchev–Trinajstić information content (AvgIpc) is 2.77. The lowest BCUT2D eigenvalue weighted by Crippen LogP contribution is -2.51. The second-order valence-electron chi connectivity index (χ2n) is 5.93. The third-order valence-corrected chi connectivity index (χ3v) is 4.46. The van der Waals surface area contributed by atoms with Gasteiger partial charge in [0, 0.05) is 31.7 Å². The van der Waals surface area contributed by atoms with Gasteiger partial charge in [-0.1, -0.05) is 13.8 Å². The summed E-state index contributed by atoms with van der Waals surface area (Å²) in [5.41, 5.74) is 0. The molecule has 2 aliphatic rings. The zero-order valence-electron chi connectivity index (χ0n) is 11.6. The van der Waals surface area contributed by atoms with E-state index in [1.54, 1.807) is 0 Å². The Bertz CT molecular complexity index is 232. The second kappa shape index (κ2) is 6.17. The van der Waals surface area contributed by atoms with Crippen LogP contribution in [0.25, 0.3) is 0 Å². The van der Waals surface area contributed by atoms with E-state index in [-0.39, 0.29) is 0 Å². The van der Waals surface area contributed by atoms with Gasteiger partial charge < -0.3 is 10.1 Å². The summed E-state index contributed by atoms with van der Waals surface area (Å²) in [7, 11) is 0. The molecule has 1 heterocycles. The maximum atomic E-state index is 5.84. The lowest BCUT2D eigenvalue weighted by molar-refractivity contribution is -0.0550. The van der Waals surface area contributed by atoms with Crippen molar-refractivity contribution < 1.29 is 4.74 Å². The maximum Gasteiger partial charge on any atom is 0.0730 e. The lowest BCUT2D eigenvalue weighted by atomic mass is 10.1. The van der Waals surface area contributed by atoms with Crippen molar-refractivity contribution in [3.63, 3.8) is 0 Å². The van der Waals surface area contributed by atoms with E-state index in [0.29, 0.717) is 18.2 Å². The fourth-order valence-corrected chi connectivity index (χ4v) is 2.95. The molecule has 3 nitrogen and oxygen atoms in total. The molecule has 0 amide bonds. The van der Waals surface area contributed by atoms with E-state index in [2.05, 4.69) is 31.0 Å². The molecule has 100 valence electrons. The number of morpholine rings is 1. The summed E-state index contributed by atoms with van der Waals surface area (Å²) >= 11 is 0. The summed E-state index contributed by atoms with van der Waals surface area (Å²) in [6.07, 6.45) is 4.49. The van der Waals surface area contributed by atoms with Gasteiger partial charge in [0.05, 0.1) is 12.7 Å². The van der Waals surface area contributed by atoms with Gasteiger partial charge in [0.15, 0.2) is 0 Å². The summed E-state index contributed by atoms with van der Waals surface area (Å²) in [6.45, 7) is 11.2. The number of nitrogens with one attached hydrogen (secondary N) is 1. The Morgan fingerprint density at radius 1 is 1.29 bits per heavy atom. The molecule has 0 aromatic heterocycles. The lowest BCUT2D eigenvalue weighted by Gasteiger charge is -2.38. The quantitative estimate of drug-likeness (QED) is 0.794. The monoisotopic (exact) mass is 240 g/mol. The van der Waals surface area contributed by atoms with Crippen LogP contribution in [-0.4, -0.2) is 49.3 Å². The van der Waals surface area contributed by atoms with Crippen molar-refractivity contribution in [1.29, 1.82) is 0 Å². The number of ether oxygens (including phenoxy) is 1. The molecule has 1 aliphatic heterocycles. The fourth-order valence-electron chi connectivity index (χ4n) is 2.95. The number of fused-ring (bicyclic) bond motifs is 1. The molecule has 3 unspecified atom stereocenters. The minimum atomic E-state index is 0.534. The molecule has 0 spiro atoms. The molecule has 1 aliphatic carbocycles. The van der Waals surface area contributed by atoms with Crippen molar-refractivity contribution in [1.82, 2.24) is 10.2 Å². The molecule has 1 N–H and O–H groups in total. The van der Waals surface area contributed by atoms with Gasteiger partial charge in [0.1, 0.15) is 0 Å². The van der Waals surface area contributed by atoms with Crippen LogP contribution in [0.15, 0.2) is 0 Å². The Balaban J connectivity index is 1.71. The molecule has 1 saturated carbocycles. The van der Waals surface area contributed by atoms with Gasteiger partial charge in [-0.15, -0.1) is 0 Å². The van der Waals surface area contributed by atoms with Crippen molar-refractivity contribution in [2.45, 2.75) is 58.2 Å². The summed E-state index contributed by atoms with van der Waals surface area (Å²) in [5.74, 6) is 0.721. The van der Waals surface area contributed by atoms with E-state index in [9.17, 15) is 0 Å². The van der Waals surface area contributed by atoms with Crippen molar-refractivity contribution in [2.75, 3.05) is 26.2 Å². The predicted molar refractivity (Wildman–Crippen MR) is 71.3 cm³/mol. The van der Waals surface area contributed by atoms with E-state index in [1.807, 2.05) is 0 Å². The summed E-state index contributed by atoms with van der Waals surface area (Å²) in [4.78, 5) is 2.64. The van der Waals surface area contributed by atoms with Gasteiger partial charge in [0.2, 0.25) is 0 Å². The normalized spacial score (nSPS) is 31.8. The molecular weight excluding hydrogens is 212 g/mol. The molecule has 17 heavy (non-hydrogen) atoms. The molecule has 3 heteroatoms. The first-order chi connectivity index (χ1) is 8.18. The van der Waals surface area contributed by atoms with E-state index in [4.69, 9.17) is 4.74 Å². The van der Waals surface area contributed by atoms with Crippen LogP contribution >= 0.6 is 0 Å². The Hall–Kier alpha value is -0.120. The number of rotatable bonds is 5. The molecule has 0 aromatic carbocycles. The van der Waals surface area contributed by atoms with Gasteiger partial charge in [-0.2, -0.15) is 0 Å². The predicted octanol–water partition coefficient (Wildman–Crippen LogP) is 1.87. The topological polar surface area (TPSA) is 24.5 Å². The first kappa shape index (κ1) is 13.3. The summed E-state index contributed by atoms with van der Waals surface area (Å²) < 4.78 is 5.84. The smallest absolute Gasteiger partial charge is 0.0730 e. The van der Waals surface area contributed by atoms with Crippen LogP contribution in [0.2, 0.25) is 0 Å². The van der Waals surface area contributed by atoms with Gasteiger partial charge in [-0.25, -0.2) is 0 Å². The van der Waals surface area contributed by atoms with E-state index in [1.165, 1.54) is 25.8 Å². The highest BCUT2D eigenvalue weighted by Gasteiger charge is 2.35. The Labute approximate surface area is 106 Å². The first-order valence-electron chi connectivity index (χ1n) is 7.27. The van der Waals surface area contributed by atoms with Crippen molar-refractivity contribution in [3.8, 4) is 0 Å². The minimum Gasteiger partial charge on any atom is -0.375 e. The van der Waals surface area contributed by atoms with Gasteiger partial charge in [-0.05, 0) is 32.1 Å². The van der Waals surface area contributed by atoms with Gasteiger partial charge in [-0.3, -0.25) is 4.90 Å². The fraction of sp³-hybridized carbons (Fsp3) is 1.00. The van der Waals surface area contributed by atoms with E-state index >= 15 is 0 Å². The molecule has 2 rings (SSSR count). The maximum absolute atomic E-state index is 5.84. The van der Waals surface area contributed by atoms with Gasteiger partial charge >= 0.3 is 0 Å². The standard InChI is InChI=1S/C14H28N2O/c1-11(2)12(3)15-7-8-16-9-10-17-14-6-4-5-13(14)16/h11-15H,4-10H2,1-3H3. The number of nitrogens with zero attached hydrogens (tertiary/aromatic N) is 1. The Morgan fingerprint density at radius 2 is 2.12 bits per heavy atom. The minimum absolute atomic E-state index is 0.534. The largest absolute Gasteiger partial charge is 0.375 e. The average molecular weight is 240 g/mol. The Kier molecular flexibility index (Phi) is 4.83. The third-order valence-electron chi connectivity index (χ3n) is 4.46. The zero-order chi connectivity index (χ0) is 12.3. The molecule has 0 aromatic rings. The highest BCUT2D eigenvalue weighted by atomic mass is 16.5. The van der Waals surface area contributed by atoms with Crippen LogP contribution in [0.3, 0.4) is 0 Å². The second-order valence-corrected chi connectivity index (χ2v) is 5.93. The number of hydrogen-bond donors (Lipinski definition) is 1. The molecule has 3 atom stereocenters. The van der Waals surface area contributed by atoms with Crippen LogP contribution in [0.5, 0.6) is 0 Å². The zero-order valence-corrected chi connectivity index (χ0v) is 11.6.